The van der Waals surface area contributed by atoms with Crippen molar-refractivity contribution in [2.45, 2.75) is 25.5 Å². The molecule has 1 atom stereocenters. The first-order valence-corrected chi connectivity index (χ1v) is 12.3. The maximum Gasteiger partial charge on any atom is 0.325 e. The Balaban J connectivity index is 1.27. The molecule has 0 bridgehead atoms. The standard InChI is InChI=1S/C27H32N4O4/c32-25(30-10-4-5-11-30)18-29-12-14-31(15-13-29)26(27(33)34)23-17-28-24-9-8-21(16-22(23)24)35-19-20-6-2-1-3-7-20/h1-3,6-9,16-17,26,28H,4-5,10-15,18-19H2,(H,33,34). The Hall–Kier alpha value is -3.36. The Morgan fingerprint density at radius 2 is 1.71 bits per heavy atom. The van der Waals surface area contributed by atoms with Crippen LogP contribution in [0.1, 0.15) is 30.0 Å². The topological polar surface area (TPSA) is 89.1 Å². The quantitative estimate of drug-likeness (QED) is 0.519. The minimum absolute atomic E-state index is 0.186. The number of carbonyl (C=O) groups excluding carboxylic acids is 1. The number of ether oxygens (including phenoxy) is 1. The summed E-state index contributed by atoms with van der Waals surface area (Å²) in [6, 6.07) is 14.9. The van der Waals surface area contributed by atoms with E-state index in [4.69, 9.17) is 4.74 Å². The van der Waals surface area contributed by atoms with Crippen molar-refractivity contribution in [3.8, 4) is 5.75 Å². The third-order valence-corrected chi connectivity index (χ3v) is 7.05. The van der Waals surface area contributed by atoms with Crippen molar-refractivity contribution in [1.29, 1.82) is 0 Å². The van der Waals surface area contributed by atoms with Gasteiger partial charge in [-0.3, -0.25) is 19.4 Å². The van der Waals surface area contributed by atoms with Crippen LogP contribution >= 0.6 is 0 Å². The first kappa shape index (κ1) is 23.4. The molecule has 0 spiro atoms. The zero-order valence-corrected chi connectivity index (χ0v) is 19.9. The maximum atomic E-state index is 12.5. The van der Waals surface area contributed by atoms with Crippen LogP contribution in [0.5, 0.6) is 5.75 Å². The second-order valence-corrected chi connectivity index (χ2v) is 9.37. The van der Waals surface area contributed by atoms with Crippen molar-refractivity contribution in [2.24, 2.45) is 0 Å². The van der Waals surface area contributed by atoms with Crippen LogP contribution in [0.15, 0.2) is 54.7 Å². The summed E-state index contributed by atoms with van der Waals surface area (Å²) in [6.07, 6.45) is 3.97. The number of hydrogen-bond acceptors (Lipinski definition) is 5. The normalized spacial score (nSPS) is 18.1. The molecule has 1 amide bonds. The van der Waals surface area contributed by atoms with Crippen LogP contribution in [0.3, 0.4) is 0 Å². The van der Waals surface area contributed by atoms with Gasteiger partial charge in [-0.15, -0.1) is 0 Å². The number of amides is 1. The highest BCUT2D eigenvalue weighted by molar-refractivity contribution is 5.90. The fraction of sp³-hybridized carbons (Fsp3) is 0.407. The van der Waals surface area contributed by atoms with Crippen molar-refractivity contribution >= 4 is 22.8 Å². The molecule has 8 heteroatoms. The summed E-state index contributed by atoms with van der Waals surface area (Å²) in [5, 5.41) is 11.0. The molecule has 35 heavy (non-hydrogen) atoms. The highest BCUT2D eigenvalue weighted by atomic mass is 16.5. The van der Waals surface area contributed by atoms with Crippen LogP contribution < -0.4 is 4.74 Å². The number of aromatic nitrogens is 1. The zero-order valence-electron chi connectivity index (χ0n) is 19.9. The smallest absolute Gasteiger partial charge is 0.325 e. The third-order valence-electron chi connectivity index (χ3n) is 7.05. The van der Waals surface area contributed by atoms with Gasteiger partial charge in [-0.2, -0.15) is 0 Å². The molecule has 2 N–H and O–H groups in total. The zero-order chi connectivity index (χ0) is 24.2. The average Bonchev–Trinajstić information content (AvgIpc) is 3.55. The van der Waals surface area contributed by atoms with Gasteiger partial charge in [0.25, 0.3) is 0 Å². The molecule has 2 aromatic carbocycles. The minimum Gasteiger partial charge on any atom is -0.489 e. The Labute approximate surface area is 205 Å². The number of benzene rings is 2. The summed E-state index contributed by atoms with van der Waals surface area (Å²) in [5.41, 5.74) is 2.69. The number of carboxylic acids is 1. The molecule has 1 aromatic heterocycles. The van der Waals surface area contributed by atoms with E-state index in [0.29, 0.717) is 45.1 Å². The lowest BCUT2D eigenvalue weighted by atomic mass is 10.0. The molecule has 0 aliphatic carbocycles. The van der Waals surface area contributed by atoms with E-state index in [2.05, 4.69) is 9.88 Å². The largest absolute Gasteiger partial charge is 0.489 e. The molecule has 8 nitrogen and oxygen atoms in total. The van der Waals surface area contributed by atoms with E-state index in [-0.39, 0.29) is 5.91 Å². The number of carboxylic acid groups (broad SMARTS) is 1. The molecular formula is C27H32N4O4. The fourth-order valence-electron chi connectivity index (χ4n) is 5.10. The number of fused-ring (bicyclic) bond motifs is 1. The molecule has 2 fully saturated rings. The van der Waals surface area contributed by atoms with Crippen LogP contribution in [-0.2, 0) is 16.2 Å². The summed E-state index contributed by atoms with van der Waals surface area (Å²) in [6.45, 7) is 5.14. The molecule has 0 radical (unpaired) electrons. The van der Waals surface area contributed by atoms with Gasteiger partial charge < -0.3 is 19.7 Å². The summed E-state index contributed by atoms with van der Waals surface area (Å²) in [7, 11) is 0. The highest BCUT2D eigenvalue weighted by Gasteiger charge is 2.33. The van der Waals surface area contributed by atoms with Crippen molar-refractivity contribution in [3.63, 3.8) is 0 Å². The number of H-pyrrole nitrogens is 1. The molecule has 3 aromatic rings. The van der Waals surface area contributed by atoms with Crippen molar-refractivity contribution in [3.05, 3.63) is 65.9 Å². The van der Waals surface area contributed by atoms with E-state index < -0.39 is 12.0 Å². The van der Waals surface area contributed by atoms with Gasteiger partial charge in [0.05, 0.1) is 6.54 Å². The molecule has 1 unspecified atom stereocenters. The third kappa shape index (κ3) is 5.33. The Morgan fingerprint density at radius 3 is 2.43 bits per heavy atom. The molecular weight excluding hydrogens is 444 g/mol. The molecule has 5 rings (SSSR count). The predicted octanol–water partition coefficient (Wildman–Crippen LogP) is 3.11. The number of likely N-dealkylation sites (tertiary alicyclic amines) is 1. The lowest BCUT2D eigenvalue weighted by Gasteiger charge is -2.37. The Kier molecular flexibility index (Phi) is 7.01. The van der Waals surface area contributed by atoms with Crippen LogP contribution in [0, 0.1) is 0 Å². The second-order valence-electron chi connectivity index (χ2n) is 9.37. The summed E-state index contributed by atoms with van der Waals surface area (Å²) >= 11 is 0. The van der Waals surface area contributed by atoms with E-state index in [0.717, 1.165) is 48.0 Å². The first-order valence-electron chi connectivity index (χ1n) is 12.3. The highest BCUT2D eigenvalue weighted by Crippen LogP contribution is 2.32. The number of hydrogen-bond donors (Lipinski definition) is 2. The Morgan fingerprint density at radius 1 is 0.971 bits per heavy atom. The van der Waals surface area contributed by atoms with Crippen molar-refractivity contribution in [1.82, 2.24) is 19.7 Å². The van der Waals surface area contributed by atoms with Crippen LogP contribution in [0.2, 0.25) is 0 Å². The molecule has 0 saturated carbocycles. The Bertz CT molecular complexity index is 1160. The van der Waals surface area contributed by atoms with Crippen molar-refractivity contribution in [2.75, 3.05) is 45.8 Å². The van der Waals surface area contributed by atoms with Gasteiger partial charge in [-0.05, 0) is 36.6 Å². The first-order chi connectivity index (χ1) is 17.1. The molecule has 2 aliphatic heterocycles. The molecule has 184 valence electrons. The maximum absolute atomic E-state index is 12.5. The van der Waals surface area contributed by atoms with Gasteiger partial charge >= 0.3 is 5.97 Å². The summed E-state index contributed by atoms with van der Waals surface area (Å²) in [5.74, 6) is 0.0186. The SMILES string of the molecule is O=C(O)C(c1c[nH]c2ccc(OCc3ccccc3)cc12)N1CCN(CC(=O)N2CCCC2)CC1. The number of nitrogens with one attached hydrogen (secondary N) is 1. The van der Waals surface area contributed by atoms with E-state index >= 15 is 0 Å². The van der Waals surface area contributed by atoms with Gasteiger partial charge in [0.1, 0.15) is 18.4 Å². The van der Waals surface area contributed by atoms with Crippen molar-refractivity contribution < 1.29 is 19.4 Å². The van der Waals surface area contributed by atoms with Gasteiger partial charge in [0.2, 0.25) is 5.91 Å². The van der Waals surface area contributed by atoms with Gasteiger partial charge in [-0.1, -0.05) is 30.3 Å². The van der Waals surface area contributed by atoms with E-state index in [1.54, 1.807) is 6.20 Å². The summed E-state index contributed by atoms with van der Waals surface area (Å²) < 4.78 is 5.99. The predicted molar refractivity (Wildman–Crippen MR) is 133 cm³/mol. The van der Waals surface area contributed by atoms with E-state index in [9.17, 15) is 14.7 Å². The average molecular weight is 477 g/mol. The molecule has 2 saturated heterocycles. The van der Waals surface area contributed by atoms with Crippen LogP contribution in [-0.4, -0.2) is 82.5 Å². The fourth-order valence-corrected chi connectivity index (χ4v) is 5.10. The number of aliphatic carboxylic acids is 1. The van der Waals surface area contributed by atoms with Crippen LogP contribution in [0.25, 0.3) is 10.9 Å². The lowest BCUT2D eigenvalue weighted by Crippen LogP contribution is -2.51. The lowest BCUT2D eigenvalue weighted by molar-refractivity contribution is -0.145. The van der Waals surface area contributed by atoms with Gasteiger partial charge in [0, 0.05) is 61.9 Å². The van der Waals surface area contributed by atoms with Gasteiger partial charge in [-0.25, -0.2) is 0 Å². The number of aromatic amines is 1. The second kappa shape index (κ2) is 10.5. The number of piperazine rings is 1. The minimum atomic E-state index is -0.872. The molecule has 2 aliphatic rings. The van der Waals surface area contributed by atoms with Gasteiger partial charge in [0.15, 0.2) is 0 Å². The number of rotatable bonds is 8. The monoisotopic (exact) mass is 476 g/mol. The van der Waals surface area contributed by atoms with Crippen LogP contribution in [0.4, 0.5) is 0 Å². The number of nitrogens with zero attached hydrogens (tertiary/aromatic N) is 3. The molecule has 3 heterocycles. The van der Waals surface area contributed by atoms with E-state index in [1.165, 1.54) is 0 Å². The van der Waals surface area contributed by atoms with E-state index in [1.807, 2.05) is 58.3 Å². The summed E-state index contributed by atoms with van der Waals surface area (Å²) in [4.78, 5) is 34.2. The number of carbonyl (C=O) groups is 2.